The maximum atomic E-state index is 13.3. The number of nitrogens with one attached hydrogen (secondary N) is 1. The van der Waals surface area contributed by atoms with Gasteiger partial charge in [-0.15, -0.1) is 0 Å². The molecule has 90 valence electrons. The molecule has 4 heteroatoms. The van der Waals surface area contributed by atoms with E-state index in [4.69, 9.17) is 5.26 Å². The van der Waals surface area contributed by atoms with Crippen molar-refractivity contribution in [3.05, 3.63) is 57.8 Å². The predicted octanol–water partition coefficient (Wildman–Crippen LogP) is 4.51. The molecule has 2 aromatic carbocycles. The number of anilines is 2. The number of hydrogen-bond donors (Lipinski definition) is 1. The van der Waals surface area contributed by atoms with E-state index in [1.54, 1.807) is 18.2 Å². The topological polar surface area (TPSA) is 35.8 Å². The summed E-state index contributed by atoms with van der Waals surface area (Å²) in [5.74, 6) is -0.280. The Balaban J connectivity index is 2.28. The maximum absolute atomic E-state index is 13.3. The van der Waals surface area contributed by atoms with Gasteiger partial charge in [0.1, 0.15) is 5.82 Å². The summed E-state index contributed by atoms with van der Waals surface area (Å²) in [5.41, 5.74) is 3.11. The van der Waals surface area contributed by atoms with Gasteiger partial charge in [0.15, 0.2) is 0 Å². The molecule has 2 rings (SSSR count). The van der Waals surface area contributed by atoms with E-state index in [1.165, 1.54) is 6.07 Å². The van der Waals surface area contributed by atoms with Gasteiger partial charge in [-0.3, -0.25) is 0 Å². The summed E-state index contributed by atoms with van der Waals surface area (Å²) in [6.45, 7) is 1.83. The molecule has 2 nitrogen and oxygen atoms in total. The van der Waals surface area contributed by atoms with Crippen LogP contribution in [0.3, 0.4) is 0 Å². The van der Waals surface area contributed by atoms with Crippen molar-refractivity contribution in [1.82, 2.24) is 0 Å². The van der Waals surface area contributed by atoms with Crippen molar-refractivity contribution < 1.29 is 4.39 Å². The highest BCUT2D eigenvalue weighted by Crippen LogP contribution is 2.27. The van der Waals surface area contributed by atoms with E-state index in [1.807, 2.05) is 19.1 Å². The lowest BCUT2D eigenvalue weighted by Crippen LogP contribution is -1.94. The maximum Gasteiger partial charge on any atom is 0.137 e. The first-order valence-corrected chi connectivity index (χ1v) is 6.12. The zero-order valence-electron chi connectivity index (χ0n) is 9.67. The van der Waals surface area contributed by atoms with E-state index in [0.717, 1.165) is 16.9 Å². The second kappa shape index (κ2) is 5.19. The van der Waals surface area contributed by atoms with Crippen molar-refractivity contribution in [1.29, 1.82) is 5.26 Å². The van der Waals surface area contributed by atoms with E-state index < -0.39 is 0 Å². The van der Waals surface area contributed by atoms with Gasteiger partial charge in [-0.1, -0.05) is 0 Å². The van der Waals surface area contributed by atoms with Gasteiger partial charge in [-0.25, -0.2) is 4.39 Å². The molecule has 1 N–H and O–H groups in total. The van der Waals surface area contributed by atoms with Gasteiger partial charge in [-0.2, -0.15) is 5.26 Å². The van der Waals surface area contributed by atoms with Gasteiger partial charge in [0.25, 0.3) is 0 Å². The number of aryl methyl sites for hydroxylation is 1. The van der Waals surface area contributed by atoms with Crippen LogP contribution in [0.4, 0.5) is 15.8 Å². The van der Waals surface area contributed by atoms with Crippen molar-refractivity contribution in [2.75, 3.05) is 5.32 Å². The summed E-state index contributed by atoms with van der Waals surface area (Å²) in [7, 11) is 0. The van der Waals surface area contributed by atoms with E-state index in [0.29, 0.717) is 10.0 Å². The third kappa shape index (κ3) is 2.69. The number of nitrogens with zero attached hydrogens (tertiary/aromatic N) is 1. The molecule has 0 aliphatic rings. The van der Waals surface area contributed by atoms with Gasteiger partial charge in [0.2, 0.25) is 0 Å². The largest absolute Gasteiger partial charge is 0.355 e. The second-order valence-corrected chi connectivity index (χ2v) is 4.75. The van der Waals surface area contributed by atoms with Crippen LogP contribution in [0.1, 0.15) is 11.1 Å². The Morgan fingerprint density at radius 3 is 2.50 bits per heavy atom. The minimum absolute atomic E-state index is 0.280. The molecule has 0 atom stereocenters. The molecule has 0 fully saturated rings. The molecule has 0 unspecified atom stereocenters. The molecule has 0 aliphatic carbocycles. The van der Waals surface area contributed by atoms with Crippen LogP contribution in [0, 0.1) is 24.1 Å². The zero-order chi connectivity index (χ0) is 13.1. The van der Waals surface area contributed by atoms with Gasteiger partial charge in [-0.05, 0) is 64.8 Å². The molecule has 0 aliphatic heterocycles. The van der Waals surface area contributed by atoms with Crippen molar-refractivity contribution in [2.24, 2.45) is 0 Å². The molecule has 0 spiro atoms. The molecular weight excluding hydrogens is 295 g/mol. The van der Waals surface area contributed by atoms with Crippen LogP contribution < -0.4 is 5.32 Å². The highest BCUT2D eigenvalue weighted by atomic mass is 79.9. The quantitative estimate of drug-likeness (QED) is 0.886. The fraction of sp³-hybridized carbons (Fsp3) is 0.0714. The van der Waals surface area contributed by atoms with Crippen LogP contribution in [-0.4, -0.2) is 0 Å². The molecule has 0 amide bonds. The van der Waals surface area contributed by atoms with Crippen LogP contribution in [0.5, 0.6) is 0 Å². The Bertz CT molecular complexity index is 615. The molecule has 0 saturated carbocycles. The van der Waals surface area contributed by atoms with Gasteiger partial charge < -0.3 is 5.32 Å². The van der Waals surface area contributed by atoms with E-state index in [-0.39, 0.29) is 5.82 Å². The summed E-state index contributed by atoms with van der Waals surface area (Å²) in [5, 5.41) is 11.9. The molecule has 0 radical (unpaired) electrons. The van der Waals surface area contributed by atoms with E-state index >= 15 is 0 Å². The number of benzene rings is 2. The van der Waals surface area contributed by atoms with Crippen molar-refractivity contribution in [3.63, 3.8) is 0 Å². The van der Waals surface area contributed by atoms with Crippen molar-refractivity contribution in [2.45, 2.75) is 6.92 Å². The molecule has 2 aromatic rings. The monoisotopic (exact) mass is 304 g/mol. The Hall–Kier alpha value is -1.86. The molecule has 0 aromatic heterocycles. The fourth-order valence-electron chi connectivity index (χ4n) is 1.56. The highest BCUT2D eigenvalue weighted by molar-refractivity contribution is 9.10. The van der Waals surface area contributed by atoms with E-state index in [2.05, 4.69) is 27.3 Å². The van der Waals surface area contributed by atoms with Crippen LogP contribution in [-0.2, 0) is 0 Å². The Morgan fingerprint density at radius 1 is 1.22 bits per heavy atom. The van der Waals surface area contributed by atoms with Gasteiger partial charge in [0.05, 0.1) is 16.1 Å². The SMILES string of the molecule is Cc1cc(F)c(Br)cc1Nc1ccc(C#N)cc1. The summed E-state index contributed by atoms with van der Waals surface area (Å²) in [6.07, 6.45) is 0. The predicted molar refractivity (Wildman–Crippen MR) is 73.3 cm³/mol. The van der Waals surface area contributed by atoms with Crippen LogP contribution in [0.15, 0.2) is 40.9 Å². The lowest BCUT2D eigenvalue weighted by molar-refractivity contribution is 0.620. The highest BCUT2D eigenvalue weighted by Gasteiger charge is 2.05. The molecule has 18 heavy (non-hydrogen) atoms. The summed E-state index contributed by atoms with van der Waals surface area (Å²) in [4.78, 5) is 0. The van der Waals surface area contributed by atoms with Crippen molar-refractivity contribution >= 4 is 27.3 Å². The molecule has 0 saturated heterocycles. The first kappa shape index (κ1) is 12.6. The Morgan fingerprint density at radius 2 is 1.89 bits per heavy atom. The second-order valence-electron chi connectivity index (χ2n) is 3.90. The summed E-state index contributed by atoms with van der Waals surface area (Å²) < 4.78 is 13.7. The Kier molecular flexibility index (Phi) is 3.63. The van der Waals surface area contributed by atoms with Gasteiger partial charge >= 0.3 is 0 Å². The van der Waals surface area contributed by atoms with Crippen LogP contribution >= 0.6 is 15.9 Å². The molecular formula is C14H10BrFN2. The average Bonchev–Trinajstić information content (AvgIpc) is 2.37. The molecule has 0 heterocycles. The average molecular weight is 305 g/mol. The van der Waals surface area contributed by atoms with Gasteiger partial charge in [0, 0.05) is 11.4 Å². The fourth-order valence-corrected chi connectivity index (χ4v) is 1.91. The minimum Gasteiger partial charge on any atom is -0.355 e. The van der Waals surface area contributed by atoms with Crippen LogP contribution in [0.2, 0.25) is 0 Å². The lowest BCUT2D eigenvalue weighted by Gasteiger charge is -2.10. The van der Waals surface area contributed by atoms with Crippen molar-refractivity contribution in [3.8, 4) is 6.07 Å². The van der Waals surface area contributed by atoms with E-state index in [9.17, 15) is 4.39 Å². The molecule has 0 bridgehead atoms. The third-order valence-corrected chi connectivity index (χ3v) is 3.17. The smallest absolute Gasteiger partial charge is 0.137 e. The summed E-state index contributed by atoms with van der Waals surface area (Å²) >= 11 is 3.16. The number of halogens is 2. The van der Waals surface area contributed by atoms with Crippen LogP contribution in [0.25, 0.3) is 0 Å². The number of hydrogen-bond acceptors (Lipinski definition) is 2. The zero-order valence-corrected chi connectivity index (χ0v) is 11.3. The first-order valence-electron chi connectivity index (χ1n) is 5.33. The standard InChI is InChI=1S/C14H10BrFN2/c1-9-6-13(16)12(15)7-14(9)18-11-4-2-10(8-17)3-5-11/h2-7,18H,1H3. The normalized spacial score (nSPS) is 9.89. The summed E-state index contributed by atoms with van der Waals surface area (Å²) in [6, 6.07) is 12.3. The number of rotatable bonds is 2. The first-order chi connectivity index (χ1) is 8.60. The number of nitriles is 1. The third-order valence-electron chi connectivity index (χ3n) is 2.56. The minimum atomic E-state index is -0.280. The Labute approximate surface area is 113 Å². The lowest BCUT2D eigenvalue weighted by atomic mass is 10.1.